The first-order valence-corrected chi connectivity index (χ1v) is 2.86. The van der Waals surface area contributed by atoms with Gasteiger partial charge in [-0.25, -0.2) is 0 Å². The van der Waals surface area contributed by atoms with Crippen molar-refractivity contribution in [3.63, 3.8) is 0 Å². The third-order valence-electron chi connectivity index (χ3n) is 1.33. The van der Waals surface area contributed by atoms with Crippen LogP contribution in [0.4, 0.5) is 0 Å². The van der Waals surface area contributed by atoms with E-state index in [9.17, 15) is 0 Å². The SMILES string of the molecule is C=C[C@H](O)[C@@H](O)[C@H]1CO1. The van der Waals surface area contributed by atoms with Gasteiger partial charge in [-0.2, -0.15) is 0 Å². The maximum Gasteiger partial charge on any atom is 0.112 e. The minimum Gasteiger partial charge on any atom is -0.387 e. The molecule has 0 bridgehead atoms. The van der Waals surface area contributed by atoms with Crippen molar-refractivity contribution in [2.45, 2.75) is 18.3 Å². The Kier molecular flexibility index (Phi) is 1.85. The summed E-state index contributed by atoms with van der Waals surface area (Å²) in [5.74, 6) is 0. The summed E-state index contributed by atoms with van der Waals surface area (Å²) < 4.78 is 4.74. The average Bonchev–Trinajstić information content (AvgIpc) is 2.66. The van der Waals surface area contributed by atoms with Crippen LogP contribution in [0.2, 0.25) is 0 Å². The fraction of sp³-hybridized carbons (Fsp3) is 0.667. The van der Waals surface area contributed by atoms with Gasteiger partial charge in [0.05, 0.1) is 6.61 Å². The molecular weight excluding hydrogens is 120 g/mol. The zero-order chi connectivity index (χ0) is 6.85. The van der Waals surface area contributed by atoms with Crippen LogP contribution < -0.4 is 0 Å². The normalized spacial score (nSPS) is 31.1. The number of aliphatic hydroxyl groups excluding tert-OH is 2. The van der Waals surface area contributed by atoms with Gasteiger partial charge in [-0.15, -0.1) is 6.58 Å². The number of aliphatic hydroxyl groups is 2. The van der Waals surface area contributed by atoms with Gasteiger partial charge in [-0.1, -0.05) is 6.08 Å². The molecule has 1 aliphatic heterocycles. The van der Waals surface area contributed by atoms with Gasteiger partial charge in [0, 0.05) is 0 Å². The quantitative estimate of drug-likeness (QED) is 0.392. The van der Waals surface area contributed by atoms with E-state index < -0.39 is 12.2 Å². The zero-order valence-corrected chi connectivity index (χ0v) is 5.03. The summed E-state index contributed by atoms with van der Waals surface area (Å²) in [5.41, 5.74) is 0. The Labute approximate surface area is 53.6 Å². The van der Waals surface area contributed by atoms with Gasteiger partial charge >= 0.3 is 0 Å². The summed E-state index contributed by atoms with van der Waals surface area (Å²) >= 11 is 0. The first-order valence-electron chi connectivity index (χ1n) is 2.86. The van der Waals surface area contributed by atoms with Crippen molar-refractivity contribution >= 4 is 0 Å². The van der Waals surface area contributed by atoms with E-state index in [4.69, 9.17) is 14.9 Å². The van der Waals surface area contributed by atoms with Crippen LogP contribution in [0.15, 0.2) is 12.7 Å². The second kappa shape index (κ2) is 2.47. The van der Waals surface area contributed by atoms with Crippen LogP contribution in [0.1, 0.15) is 0 Å². The molecule has 1 fully saturated rings. The number of hydrogen-bond donors (Lipinski definition) is 2. The third kappa shape index (κ3) is 1.51. The van der Waals surface area contributed by atoms with E-state index in [1.165, 1.54) is 6.08 Å². The largest absolute Gasteiger partial charge is 0.387 e. The minimum absolute atomic E-state index is 0.169. The molecule has 52 valence electrons. The number of hydrogen-bond acceptors (Lipinski definition) is 3. The van der Waals surface area contributed by atoms with Crippen molar-refractivity contribution in [3.05, 3.63) is 12.7 Å². The van der Waals surface area contributed by atoms with Crippen molar-refractivity contribution in [2.75, 3.05) is 6.61 Å². The van der Waals surface area contributed by atoms with Crippen LogP contribution in [-0.2, 0) is 4.74 Å². The maximum absolute atomic E-state index is 9.01. The lowest BCUT2D eigenvalue weighted by Gasteiger charge is -2.09. The van der Waals surface area contributed by atoms with Crippen molar-refractivity contribution in [1.29, 1.82) is 0 Å². The lowest BCUT2D eigenvalue weighted by molar-refractivity contribution is 0.0296. The molecule has 2 N–H and O–H groups in total. The van der Waals surface area contributed by atoms with Crippen LogP contribution in [-0.4, -0.2) is 35.1 Å². The minimum atomic E-state index is -0.850. The van der Waals surface area contributed by atoms with Crippen LogP contribution >= 0.6 is 0 Å². The molecule has 0 aromatic rings. The van der Waals surface area contributed by atoms with Crippen molar-refractivity contribution < 1.29 is 14.9 Å². The Morgan fingerprint density at radius 2 is 2.22 bits per heavy atom. The molecule has 3 atom stereocenters. The topological polar surface area (TPSA) is 53.0 Å². The third-order valence-corrected chi connectivity index (χ3v) is 1.33. The molecule has 0 aliphatic carbocycles. The highest BCUT2D eigenvalue weighted by molar-refractivity contribution is 4.92. The fourth-order valence-electron chi connectivity index (χ4n) is 0.612. The molecule has 9 heavy (non-hydrogen) atoms. The smallest absolute Gasteiger partial charge is 0.112 e. The van der Waals surface area contributed by atoms with Crippen LogP contribution in [0.5, 0.6) is 0 Å². The van der Waals surface area contributed by atoms with E-state index in [0.717, 1.165) is 0 Å². The molecule has 0 spiro atoms. The molecule has 0 saturated carbocycles. The molecule has 0 unspecified atom stereocenters. The summed E-state index contributed by atoms with van der Waals surface area (Å²) in [6, 6.07) is 0. The van der Waals surface area contributed by atoms with E-state index in [0.29, 0.717) is 6.61 Å². The number of rotatable bonds is 3. The number of ether oxygens (including phenoxy) is 1. The maximum atomic E-state index is 9.01. The lowest BCUT2D eigenvalue weighted by Crippen LogP contribution is -2.28. The molecule has 1 rings (SSSR count). The van der Waals surface area contributed by atoms with Crippen LogP contribution in [0.25, 0.3) is 0 Å². The fourth-order valence-corrected chi connectivity index (χ4v) is 0.612. The van der Waals surface area contributed by atoms with Crippen molar-refractivity contribution in [2.24, 2.45) is 0 Å². The van der Waals surface area contributed by atoms with Gasteiger partial charge in [-0.05, 0) is 0 Å². The molecule has 3 heteroatoms. The summed E-state index contributed by atoms with van der Waals surface area (Å²) in [5, 5.41) is 17.9. The van der Waals surface area contributed by atoms with Gasteiger partial charge in [0.25, 0.3) is 0 Å². The Balaban J connectivity index is 2.30. The van der Waals surface area contributed by atoms with Gasteiger partial charge in [-0.3, -0.25) is 0 Å². The lowest BCUT2D eigenvalue weighted by atomic mass is 10.1. The summed E-state index contributed by atoms with van der Waals surface area (Å²) in [7, 11) is 0. The molecule has 0 amide bonds. The van der Waals surface area contributed by atoms with E-state index in [2.05, 4.69) is 6.58 Å². The molecule has 3 nitrogen and oxygen atoms in total. The molecule has 1 aliphatic rings. The van der Waals surface area contributed by atoms with E-state index in [1.54, 1.807) is 0 Å². The van der Waals surface area contributed by atoms with Gasteiger partial charge in [0.2, 0.25) is 0 Å². The summed E-state index contributed by atoms with van der Waals surface area (Å²) in [4.78, 5) is 0. The highest BCUT2D eigenvalue weighted by Crippen LogP contribution is 2.16. The Bertz CT molecular complexity index is 109. The van der Waals surface area contributed by atoms with E-state index >= 15 is 0 Å². The molecular formula is C6H10O3. The van der Waals surface area contributed by atoms with Crippen molar-refractivity contribution in [3.8, 4) is 0 Å². The zero-order valence-electron chi connectivity index (χ0n) is 5.03. The highest BCUT2D eigenvalue weighted by atomic mass is 16.6. The second-order valence-electron chi connectivity index (χ2n) is 2.09. The molecule has 1 heterocycles. The first kappa shape index (κ1) is 6.74. The molecule has 0 aromatic heterocycles. The monoisotopic (exact) mass is 130 g/mol. The summed E-state index contributed by atoms with van der Waals surface area (Å²) in [6.07, 6.45) is -0.509. The van der Waals surface area contributed by atoms with Gasteiger partial charge in [0.15, 0.2) is 0 Å². The molecule has 0 radical (unpaired) electrons. The van der Waals surface area contributed by atoms with Gasteiger partial charge < -0.3 is 14.9 Å². The average molecular weight is 130 g/mol. The Hall–Kier alpha value is -0.380. The highest BCUT2D eigenvalue weighted by Gasteiger charge is 2.34. The van der Waals surface area contributed by atoms with Gasteiger partial charge in [0.1, 0.15) is 18.3 Å². The van der Waals surface area contributed by atoms with E-state index in [-0.39, 0.29) is 6.10 Å². The van der Waals surface area contributed by atoms with E-state index in [1.807, 2.05) is 0 Å². The first-order chi connectivity index (χ1) is 4.25. The van der Waals surface area contributed by atoms with Crippen molar-refractivity contribution in [1.82, 2.24) is 0 Å². The number of epoxide rings is 1. The Morgan fingerprint density at radius 3 is 2.56 bits per heavy atom. The predicted octanol–water partition coefficient (Wildman–Crippen LogP) is -0.707. The predicted molar refractivity (Wildman–Crippen MR) is 32.0 cm³/mol. The standard InChI is InChI=1S/C6H10O3/c1-2-4(7)6(8)5-3-9-5/h2,4-8H,1,3H2/t4-,5+,6+/m0/s1. The van der Waals surface area contributed by atoms with Crippen LogP contribution in [0.3, 0.4) is 0 Å². The second-order valence-corrected chi connectivity index (χ2v) is 2.09. The molecule has 1 saturated heterocycles. The molecule has 0 aromatic carbocycles. The Morgan fingerprint density at radius 1 is 1.67 bits per heavy atom. The summed E-state index contributed by atoms with van der Waals surface area (Å²) in [6.45, 7) is 3.87. The van der Waals surface area contributed by atoms with Crippen LogP contribution in [0, 0.1) is 0 Å².